The predicted octanol–water partition coefficient (Wildman–Crippen LogP) is 4.72. The lowest BCUT2D eigenvalue weighted by Crippen LogP contribution is -2.03. The highest BCUT2D eigenvalue weighted by molar-refractivity contribution is 14.2. The topological polar surface area (TPSA) is 35.5 Å². The zero-order valence-electron chi connectivity index (χ0n) is 11.5. The van der Waals surface area contributed by atoms with Gasteiger partial charge in [0.2, 0.25) is 0 Å². The molecule has 0 N–H and O–H groups in total. The number of ether oxygens (including phenoxy) is 1. The van der Waals surface area contributed by atoms with Gasteiger partial charge in [-0.2, -0.15) is 0 Å². The molecule has 1 aromatic carbocycles. The first-order chi connectivity index (χ1) is 9.58. The molecule has 3 nitrogen and oxygen atoms in total. The summed E-state index contributed by atoms with van der Waals surface area (Å²) in [5, 5.41) is 0. The summed E-state index contributed by atoms with van der Waals surface area (Å²) in [6.45, 7) is 2.28. The van der Waals surface area contributed by atoms with Crippen LogP contribution >= 0.6 is 30.4 Å². The normalized spacial score (nSPS) is 13.2. The SMILES string of the molecule is CC1CC1.COC(=O)CCc1cccc(OSI)c1F. The molecule has 1 aliphatic rings. The van der Waals surface area contributed by atoms with Gasteiger partial charge < -0.3 is 8.92 Å². The fourth-order valence-electron chi connectivity index (χ4n) is 1.35. The summed E-state index contributed by atoms with van der Waals surface area (Å²) in [5.74, 6) is 0.492. The monoisotopic (exact) mass is 412 g/mol. The molecule has 0 unspecified atom stereocenters. The van der Waals surface area contributed by atoms with E-state index in [0.29, 0.717) is 12.0 Å². The highest BCUT2D eigenvalue weighted by atomic mass is 127. The van der Waals surface area contributed by atoms with Crippen molar-refractivity contribution in [3.63, 3.8) is 0 Å². The molecule has 1 fully saturated rings. The molecule has 0 atom stereocenters. The Morgan fingerprint density at radius 3 is 2.65 bits per heavy atom. The Balaban J connectivity index is 0.000000425. The average molecular weight is 412 g/mol. The van der Waals surface area contributed by atoms with Gasteiger partial charge in [-0.15, -0.1) is 0 Å². The summed E-state index contributed by atoms with van der Waals surface area (Å²) < 4.78 is 23.2. The molecule has 0 amide bonds. The van der Waals surface area contributed by atoms with Gasteiger partial charge in [0, 0.05) is 27.6 Å². The zero-order chi connectivity index (χ0) is 15.0. The lowest BCUT2D eigenvalue weighted by Gasteiger charge is -2.06. The number of methoxy groups -OCH3 is 1. The van der Waals surface area contributed by atoms with Gasteiger partial charge in [-0.25, -0.2) is 4.39 Å². The van der Waals surface area contributed by atoms with Crippen molar-refractivity contribution in [2.75, 3.05) is 7.11 Å². The molecule has 0 heterocycles. The van der Waals surface area contributed by atoms with Gasteiger partial charge in [-0.1, -0.05) is 31.9 Å². The van der Waals surface area contributed by atoms with Crippen molar-refractivity contribution in [3.05, 3.63) is 29.6 Å². The van der Waals surface area contributed by atoms with Gasteiger partial charge in [0.1, 0.15) is 9.21 Å². The quantitative estimate of drug-likeness (QED) is 0.398. The summed E-state index contributed by atoms with van der Waals surface area (Å²) in [4.78, 5) is 10.9. The van der Waals surface area contributed by atoms with E-state index in [0.717, 1.165) is 15.1 Å². The van der Waals surface area contributed by atoms with Crippen LogP contribution in [0, 0.1) is 11.7 Å². The fourth-order valence-corrected chi connectivity index (χ4v) is 2.13. The maximum atomic E-state index is 13.7. The highest BCUT2D eigenvalue weighted by Crippen LogP contribution is 2.27. The maximum absolute atomic E-state index is 13.7. The molecule has 2 rings (SSSR count). The van der Waals surface area contributed by atoms with Gasteiger partial charge in [0.25, 0.3) is 0 Å². The first-order valence-corrected chi connectivity index (χ1v) is 9.66. The minimum absolute atomic E-state index is 0.161. The van der Waals surface area contributed by atoms with E-state index in [4.69, 9.17) is 4.18 Å². The molecule has 0 aromatic heterocycles. The second-order valence-electron chi connectivity index (χ2n) is 4.63. The van der Waals surface area contributed by atoms with Gasteiger partial charge in [-0.3, -0.25) is 4.79 Å². The Kier molecular flexibility index (Phi) is 8.28. The summed E-state index contributed by atoms with van der Waals surface area (Å²) >= 11 is 1.91. The third-order valence-electron chi connectivity index (χ3n) is 2.86. The van der Waals surface area contributed by atoms with E-state index in [2.05, 4.69) is 11.7 Å². The van der Waals surface area contributed by atoms with Crippen LogP contribution in [0.4, 0.5) is 4.39 Å². The van der Waals surface area contributed by atoms with E-state index < -0.39 is 5.82 Å². The molecular weight excluding hydrogens is 394 g/mol. The summed E-state index contributed by atoms with van der Waals surface area (Å²) in [6.07, 6.45) is 3.44. The molecule has 0 saturated heterocycles. The number of carbonyl (C=O) groups is 1. The number of hydrogen-bond acceptors (Lipinski definition) is 4. The van der Waals surface area contributed by atoms with Crippen LogP contribution in [0.1, 0.15) is 31.7 Å². The van der Waals surface area contributed by atoms with Crippen molar-refractivity contribution < 1.29 is 18.1 Å². The molecule has 1 saturated carbocycles. The molecule has 0 spiro atoms. The molecular formula is C14H18FIO3S. The molecule has 0 radical (unpaired) electrons. The van der Waals surface area contributed by atoms with Crippen LogP contribution in [0.5, 0.6) is 5.75 Å². The van der Waals surface area contributed by atoms with Gasteiger partial charge >= 0.3 is 5.97 Å². The van der Waals surface area contributed by atoms with E-state index in [1.165, 1.54) is 20.0 Å². The lowest BCUT2D eigenvalue weighted by atomic mass is 10.1. The fraction of sp³-hybridized carbons (Fsp3) is 0.500. The van der Waals surface area contributed by atoms with Crippen molar-refractivity contribution in [1.29, 1.82) is 0 Å². The second kappa shape index (κ2) is 9.44. The number of rotatable bonds is 5. The molecule has 0 aliphatic heterocycles. The average Bonchev–Trinajstić information content (AvgIpc) is 3.22. The molecule has 1 aliphatic carbocycles. The van der Waals surface area contributed by atoms with Crippen LogP contribution < -0.4 is 4.18 Å². The van der Waals surface area contributed by atoms with Gasteiger partial charge in [0.15, 0.2) is 11.6 Å². The van der Waals surface area contributed by atoms with E-state index in [1.54, 1.807) is 18.2 Å². The molecule has 0 bridgehead atoms. The number of esters is 1. The van der Waals surface area contributed by atoms with Gasteiger partial charge in [-0.05, 0) is 24.0 Å². The molecule has 112 valence electrons. The minimum atomic E-state index is -0.421. The van der Waals surface area contributed by atoms with Crippen molar-refractivity contribution in [2.45, 2.75) is 32.6 Å². The van der Waals surface area contributed by atoms with Crippen molar-refractivity contribution in [2.24, 2.45) is 5.92 Å². The Morgan fingerprint density at radius 2 is 2.15 bits per heavy atom. The zero-order valence-corrected chi connectivity index (χ0v) is 14.5. The highest BCUT2D eigenvalue weighted by Gasteiger charge is 2.12. The lowest BCUT2D eigenvalue weighted by molar-refractivity contribution is -0.140. The molecule has 6 heteroatoms. The third kappa shape index (κ3) is 6.78. The Labute approximate surface area is 135 Å². The van der Waals surface area contributed by atoms with E-state index in [9.17, 15) is 9.18 Å². The predicted molar refractivity (Wildman–Crippen MR) is 87.4 cm³/mol. The second-order valence-corrected chi connectivity index (χ2v) is 6.01. The van der Waals surface area contributed by atoms with Crippen LogP contribution in [0.2, 0.25) is 0 Å². The third-order valence-corrected chi connectivity index (χ3v) is 3.64. The number of hydrogen-bond donors (Lipinski definition) is 0. The van der Waals surface area contributed by atoms with Crippen LogP contribution in [-0.2, 0) is 16.0 Å². The van der Waals surface area contributed by atoms with Crippen LogP contribution in [0.15, 0.2) is 18.2 Å². The van der Waals surface area contributed by atoms with Crippen LogP contribution in [0.25, 0.3) is 0 Å². The van der Waals surface area contributed by atoms with Crippen LogP contribution in [0.3, 0.4) is 0 Å². The summed E-state index contributed by atoms with van der Waals surface area (Å²) in [5.41, 5.74) is 0.452. The molecule has 20 heavy (non-hydrogen) atoms. The van der Waals surface area contributed by atoms with Crippen molar-refractivity contribution in [3.8, 4) is 5.75 Å². The number of benzene rings is 1. The Morgan fingerprint density at radius 1 is 1.50 bits per heavy atom. The van der Waals surface area contributed by atoms with Gasteiger partial charge in [0.05, 0.1) is 7.11 Å². The van der Waals surface area contributed by atoms with Crippen molar-refractivity contribution in [1.82, 2.24) is 0 Å². The summed E-state index contributed by atoms with van der Waals surface area (Å²) in [6, 6.07) is 4.86. The first kappa shape index (κ1) is 17.6. The number of carbonyl (C=O) groups excluding carboxylic acids is 1. The Hall–Kier alpha value is -0.500. The summed E-state index contributed by atoms with van der Waals surface area (Å²) in [7, 11) is 2.36. The smallest absolute Gasteiger partial charge is 0.305 e. The maximum Gasteiger partial charge on any atom is 0.305 e. The first-order valence-electron chi connectivity index (χ1n) is 6.38. The van der Waals surface area contributed by atoms with Crippen molar-refractivity contribution >= 4 is 36.4 Å². The van der Waals surface area contributed by atoms with Crippen LogP contribution in [-0.4, -0.2) is 13.1 Å². The van der Waals surface area contributed by atoms with E-state index in [1.807, 2.05) is 21.2 Å². The number of aryl methyl sites for hydroxylation is 1. The molecule has 1 aromatic rings. The minimum Gasteiger partial charge on any atom is -0.469 e. The van der Waals surface area contributed by atoms with E-state index >= 15 is 0 Å². The number of halogens is 2. The standard InChI is InChI=1S/C10H10FIO3S.C4H8/c1-14-9(13)6-5-7-3-2-4-8(10(7)11)15-16-12;1-4-2-3-4/h2-4H,5-6H2,1H3;4H,2-3H2,1H3. The van der Waals surface area contributed by atoms with E-state index in [-0.39, 0.29) is 18.1 Å². The largest absolute Gasteiger partial charge is 0.469 e. The Bertz CT molecular complexity index is 438.